The summed E-state index contributed by atoms with van der Waals surface area (Å²) in [6.07, 6.45) is 2.49. The maximum atomic E-state index is 9.14. The first-order valence-electron chi connectivity index (χ1n) is 6.37. The average molecular weight is 308 g/mol. The van der Waals surface area contributed by atoms with Crippen molar-refractivity contribution >= 4 is 21.6 Å². The number of nitrogens with zero attached hydrogens (tertiary/aromatic N) is 1. The molecule has 0 radical (unpaired) electrons. The Morgan fingerprint density at radius 3 is 3.06 bits per heavy atom. The van der Waals surface area contributed by atoms with Crippen molar-refractivity contribution in [2.45, 2.75) is 25.8 Å². The topological polar surface area (TPSA) is 47.9 Å². The lowest BCUT2D eigenvalue weighted by Gasteiger charge is -2.29. The second kappa shape index (κ2) is 6.21. The molecule has 0 amide bonds. The zero-order chi connectivity index (χ0) is 13.0. The summed E-state index contributed by atoms with van der Waals surface area (Å²) in [5.41, 5.74) is 1.62. The Morgan fingerprint density at radius 2 is 2.39 bits per heavy atom. The van der Waals surface area contributed by atoms with Gasteiger partial charge in [-0.2, -0.15) is 5.26 Å². The molecule has 3 nitrogen and oxygen atoms in total. The van der Waals surface area contributed by atoms with E-state index in [2.05, 4.69) is 39.6 Å². The van der Waals surface area contributed by atoms with Gasteiger partial charge >= 0.3 is 0 Å². The minimum absolute atomic E-state index is 0.381. The molecule has 0 aliphatic carbocycles. The molecule has 2 unspecified atom stereocenters. The molecule has 96 valence electrons. The molecule has 2 N–H and O–H groups in total. The van der Waals surface area contributed by atoms with E-state index in [9.17, 15) is 0 Å². The van der Waals surface area contributed by atoms with E-state index in [1.807, 2.05) is 18.2 Å². The van der Waals surface area contributed by atoms with Gasteiger partial charge in [-0.1, -0.05) is 15.9 Å². The number of hydrogen-bond acceptors (Lipinski definition) is 3. The van der Waals surface area contributed by atoms with E-state index in [0.717, 1.165) is 23.2 Å². The predicted molar refractivity (Wildman–Crippen MR) is 77.5 cm³/mol. The summed E-state index contributed by atoms with van der Waals surface area (Å²) in [6.45, 7) is 4.39. The highest BCUT2D eigenvalue weighted by Gasteiger charge is 2.20. The van der Waals surface area contributed by atoms with Crippen LogP contribution in [0.15, 0.2) is 22.7 Å². The van der Waals surface area contributed by atoms with Crippen LogP contribution in [0.25, 0.3) is 0 Å². The average Bonchev–Trinajstić information content (AvgIpc) is 2.41. The molecule has 0 bridgehead atoms. The van der Waals surface area contributed by atoms with E-state index < -0.39 is 0 Å². The lowest BCUT2D eigenvalue weighted by atomic mass is 9.92. The Balaban J connectivity index is 2.06. The lowest BCUT2D eigenvalue weighted by Crippen LogP contribution is -2.38. The lowest BCUT2D eigenvalue weighted by molar-refractivity contribution is 0.347. The largest absolute Gasteiger partial charge is 0.381 e. The Bertz CT molecular complexity index is 447. The summed E-state index contributed by atoms with van der Waals surface area (Å²) in [5, 5.41) is 16.0. The molecular formula is C14H18BrN3. The van der Waals surface area contributed by atoms with Crippen molar-refractivity contribution in [3.05, 3.63) is 28.2 Å². The Kier molecular flexibility index (Phi) is 4.62. The van der Waals surface area contributed by atoms with E-state index >= 15 is 0 Å². The third kappa shape index (κ3) is 3.24. The van der Waals surface area contributed by atoms with Crippen LogP contribution in [0.3, 0.4) is 0 Å². The van der Waals surface area contributed by atoms with Crippen LogP contribution in [0.2, 0.25) is 0 Å². The summed E-state index contributed by atoms with van der Waals surface area (Å²) < 4.78 is 0.941. The third-order valence-electron chi connectivity index (χ3n) is 3.53. The van der Waals surface area contributed by atoms with Crippen molar-refractivity contribution in [2.24, 2.45) is 5.92 Å². The smallest absolute Gasteiger partial charge is 0.101 e. The van der Waals surface area contributed by atoms with Crippen LogP contribution < -0.4 is 10.6 Å². The first-order valence-corrected chi connectivity index (χ1v) is 7.17. The summed E-state index contributed by atoms with van der Waals surface area (Å²) in [6, 6.07) is 8.41. The van der Waals surface area contributed by atoms with Gasteiger partial charge in [-0.25, -0.2) is 0 Å². The van der Waals surface area contributed by atoms with E-state index in [-0.39, 0.29) is 0 Å². The van der Waals surface area contributed by atoms with Crippen molar-refractivity contribution in [1.82, 2.24) is 5.32 Å². The van der Waals surface area contributed by atoms with Crippen molar-refractivity contribution in [3.63, 3.8) is 0 Å². The van der Waals surface area contributed by atoms with Crippen LogP contribution in [0.1, 0.15) is 25.3 Å². The molecule has 1 saturated heterocycles. The highest BCUT2D eigenvalue weighted by Crippen LogP contribution is 2.23. The first-order chi connectivity index (χ1) is 8.70. The number of nitriles is 1. The number of nitrogens with one attached hydrogen (secondary N) is 2. The molecule has 0 saturated carbocycles. The summed E-state index contributed by atoms with van der Waals surface area (Å²) >= 11 is 3.39. The summed E-state index contributed by atoms with van der Waals surface area (Å²) in [4.78, 5) is 0. The van der Waals surface area contributed by atoms with Gasteiger partial charge in [0, 0.05) is 10.5 Å². The van der Waals surface area contributed by atoms with Gasteiger partial charge in [0.25, 0.3) is 0 Å². The second-order valence-corrected chi connectivity index (χ2v) is 5.76. The molecule has 2 rings (SSSR count). The minimum atomic E-state index is 0.381. The molecule has 1 aliphatic heterocycles. The Morgan fingerprint density at radius 1 is 1.56 bits per heavy atom. The van der Waals surface area contributed by atoms with Crippen molar-refractivity contribution < 1.29 is 0 Å². The highest BCUT2D eigenvalue weighted by atomic mass is 79.9. The van der Waals surface area contributed by atoms with Crippen LogP contribution >= 0.6 is 15.9 Å². The second-order valence-electron chi connectivity index (χ2n) is 4.84. The molecule has 0 spiro atoms. The zero-order valence-electron chi connectivity index (χ0n) is 10.5. The van der Waals surface area contributed by atoms with E-state index in [1.165, 1.54) is 12.8 Å². The molecule has 1 aliphatic rings. The van der Waals surface area contributed by atoms with E-state index in [0.29, 0.717) is 17.5 Å². The Labute approximate surface area is 117 Å². The van der Waals surface area contributed by atoms with Gasteiger partial charge in [0.05, 0.1) is 11.3 Å². The fourth-order valence-electron chi connectivity index (χ4n) is 2.40. The van der Waals surface area contributed by atoms with Crippen molar-refractivity contribution in [1.29, 1.82) is 5.26 Å². The number of benzene rings is 1. The van der Waals surface area contributed by atoms with Gasteiger partial charge in [-0.05, 0) is 57.0 Å². The SMILES string of the molecule is CC(Nc1ccc(Br)cc1C#N)C1CCCNC1. The molecule has 18 heavy (non-hydrogen) atoms. The molecule has 1 aromatic rings. The molecule has 0 aromatic heterocycles. The fourth-order valence-corrected chi connectivity index (χ4v) is 2.76. The Hall–Kier alpha value is -1.05. The zero-order valence-corrected chi connectivity index (χ0v) is 12.1. The van der Waals surface area contributed by atoms with Gasteiger partial charge in [-0.15, -0.1) is 0 Å². The van der Waals surface area contributed by atoms with Gasteiger partial charge in [-0.3, -0.25) is 0 Å². The van der Waals surface area contributed by atoms with Gasteiger partial charge < -0.3 is 10.6 Å². The first kappa shape index (κ1) is 13.4. The fraction of sp³-hybridized carbons (Fsp3) is 0.500. The molecule has 4 heteroatoms. The molecule has 1 aromatic carbocycles. The van der Waals surface area contributed by atoms with Crippen LogP contribution in [0.5, 0.6) is 0 Å². The number of piperidine rings is 1. The third-order valence-corrected chi connectivity index (χ3v) is 4.02. The minimum Gasteiger partial charge on any atom is -0.381 e. The highest BCUT2D eigenvalue weighted by molar-refractivity contribution is 9.10. The molecule has 1 heterocycles. The van der Waals surface area contributed by atoms with Crippen LogP contribution in [0.4, 0.5) is 5.69 Å². The maximum Gasteiger partial charge on any atom is 0.101 e. The maximum absolute atomic E-state index is 9.14. The number of rotatable bonds is 3. The van der Waals surface area contributed by atoms with Gasteiger partial charge in [0.2, 0.25) is 0 Å². The number of halogens is 1. The van der Waals surface area contributed by atoms with Gasteiger partial charge in [0.1, 0.15) is 6.07 Å². The number of anilines is 1. The van der Waals surface area contributed by atoms with Crippen molar-refractivity contribution in [3.8, 4) is 6.07 Å². The standard InChI is InChI=1S/C14H18BrN3/c1-10(11-3-2-6-17-9-11)18-14-5-4-13(15)7-12(14)8-16/h4-5,7,10-11,17-18H,2-3,6,9H2,1H3. The van der Waals surface area contributed by atoms with E-state index in [4.69, 9.17) is 5.26 Å². The molecular weight excluding hydrogens is 290 g/mol. The van der Waals surface area contributed by atoms with E-state index in [1.54, 1.807) is 0 Å². The number of hydrogen-bond donors (Lipinski definition) is 2. The molecule has 1 fully saturated rings. The normalized spacial score (nSPS) is 21.1. The monoisotopic (exact) mass is 307 g/mol. The van der Waals surface area contributed by atoms with Gasteiger partial charge in [0.15, 0.2) is 0 Å². The molecule has 2 atom stereocenters. The summed E-state index contributed by atoms with van der Waals surface area (Å²) in [7, 11) is 0. The van der Waals surface area contributed by atoms with Crippen LogP contribution in [0, 0.1) is 17.2 Å². The van der Waals surface area contributed by atoms with Crippen LogP contribution in [-0.4, -0.2) is 19.1 Å². The van der Waals surface area contributed by atoms with Crippen LogP contribution in [-0.2, 0) is 0 Å². The quantitative estimate of drug-likeness (QED) is 0.902. The predicted octanol–water partition coefficient (Wildman–Crippen LogP) is 3.12. The summed E-state index contributed by atoms with van der Waals surface area (Å²) in [5.74, 6) is 0.633. The van der Waals surface area contributed by atoms with Crippen molar-refractivity contribution in [2.75, 3.05) is 18.4 Å².